The van der Waals surface area contributed by atoms with Crippen LogP contribution in [0.3, 0.4) is 0 Å². The Morgan fingerprint density at radius 2 is 2.25 bits per heavy atom. The molecule has 0 aliphatic heterocycles. The van der Waals surface area contributed by atoms with Gasteiger partial charge in [0.2, 0.25) is 0 Å². The van der Waals surface area contributed by atoms with E-state index < -0.39 is 0 Å². The van der Waals surface area contributed by atoms with Gasteiger partial charge < -0.3 is 4.84 Å². The summed E-state index contributed by atoms with van der Waals surface area (Å²) in [6.07, 6.45) is 6.86. The first-order valence-corrected chi connectivity index (χ1v) is 4.53. The lowest BCUT2D eigenvalue weighted by atomic mass is 10.4. The van der Waals surface area contributed by atoms with Gasteiger partial charge in [0.25, 0.3) is 0 Å². The zero-order valence-corrected chi connectivity index (χ0v) is 7.60. The fourth-order valence-corrected chi connectivity index (χ4v) is 1.16. The highest BCUT2D eigenvalue weighted by atomic mass is 16.7. The monoisotopic (exact) mass is 167 g/mol. The van der Waals surface area contributed by atoms with Gasteiger partial charge in [-0.3, -0.25) is 0 Å². The second-order valence-corrected chi connectivity index (χ2v) is 3.57. The third kappa shape index (κ3) is 1.44. The van der Waals surface area contributed by atoms with Gasteiger partial charge in [-0.15, -0.1) is 0 Å². The van der Waals surface area contributed by atoms with Gasteiger partial charge in [0.15, 0.2) is 12.2 Å². The maximum Gasteiger partial charge on any atom is 0.199 e. The fraction of sp³-hybridized carbons (Fsp3) is 0.667. The van der Waals surface area contributed by atoms with E-state index in [4.69, 9.17) is 4.84 Å². The molecule has 1 heterocycles. The molecule has 0 saturated heterocycles. The first-order chi connectivity index (χ1) is 5.77. The first kappa shape index (κ1) is 7.65. The average molecular weight is 167 g/mol. The van der Waals surface area contributed by atoms with E-state index in [2.05, 4.69) is 18.5 Å². The van der Waals surface area contributed by atoms with Crippen LogP contribution >= 0.6 is 0 Å². The summed E-state index contributed by atoms with van der Waals surface area (Å²) < 4.78 is 2.08. The van der Waals surface area contributed by atoms with Crippen LogP contribution in [0.2, 0.25) is 0 Å². The van der Waals surface area contributed by atoms with Gasteiger partial charge in [-0.2, -0.15) is 0 Å². The van der Waals surface area contributed by atoms with Gasteiger partial charge in [-0.1, -0.05) is 4.68 Å². The molecule has 0 N–H and O–H groups in total. The Kier molecular flexibility index (Phi) is 1.79. The Labute approximate surface area is 72.5 Å². The maximum absolute atomic E-state index is 5.64. The first-order valence-electron chi connectivity index (χ1n) is 4.53. The van der Waals surface area contributed by atoms with Crippen molar-refractivity contribution in [2.75, 3.05) is 0 Å². The Morgan fingerprint density at radius 1 is 1.50 bits per heavy atom. The van der Waals surface area contributed by atoms with Crippen molar-refractivity contribution < 1.29 is 9.52 Å². The van der Waals surface area contributed by atoms with Crippen LogP contribution in [-0.4, -0.2) is 10.9 Å². The topological polar surface area (TPSA) is 18.0 Å². The molecule has 1 aliphatic carbocycles. The molecule has 0 aromatic carbocycles. The highest BCUT2D eigenvalue weighted by molar-refractivity contribution is 4.75. The van der Waals surface area contributed by atoms with Crippen LogP contribution < -0.4 is 9.52 Å². The third-order valence-electron chi connectivity index (χ3n) is 1.99. The van der Waals surface area contributed by atoms with Crippen LogP contribution in [0.1, 0.15) is 32.7 Å². The number of hydrogen-bond donors (Lipinski definition) is 0. The van der Waals surface area contributed by atoms with Crippen molar-refractivity contribution in [2.45, 2.75) is 38.8 Å². The Morgan fingerprint density at radius 3 is 2.83 bits per heavy atom. The SMILES string of the molecule is CC(C)[n+]1cccn1OC1CC1. The molecule has 12 heavy (non-hydrogen) atoms. The highest BCUT2D eigenvalue weighted by Crippen LogP contribution is 2.20. The largest absolute Gasteiger partial charge is 0.365 e. The van der Waals surface area contributed by atoms with Gasteiger partial charge in [0, 0.05) is 10.9 Å². The second kappa shape index (κ2) is 2.81. The van der Waals surface area contributed by atoms with E-state index in [0.717, 1.165) is 0 Å². The van der Waals surface area contributed by atoms with E-state index in [1.54, 1.807) is 0 Å². The Bertz CT molecular complexity index is 263. The van der Waals surface area contributed by atoms with Gasteiger partial charge in [0.1, 0.15) is 12.3 Å². The molecule has 1 saturated carbocycles. The van der Waals surface area contributed by atoms with Crippen molar-refractivity contribution >= 4 is 0 Å². The van der Waals surface area contributed by atoms with Crippen LogP contribution in [0.5, 0.6) is 0 Å². The molecule has 2 rings (SSSR count). The Hall–Kier alpha value is -0.990. The van der Waals surface area contributed by atoms with Crippen molar-refractivity contribution in [3.63, 3.8) is 0 Å². The van der Waals surface area contributed by atoms with Crippen molar-refractivity contribution in [1.82, 2.24) is 4.85 Å². The minimum absolute atomic E-state index is 0.457. The molecule has 0 amide bonds. The standard InChI is InChI=1S/C9H15N2O/c1-8(2)10-6-3-7-11(10)12-9-4-5-9/h3,6-9H,4-5H2,1-2H3/q+1. The maximum atomic E-state index is 5.64. The summed E-state index contributed by atoms with van der Waals surface area (Å²) in [6, 6.07) is 2.46. The van der Waals surface area contributed by atoms with Crippen molar-refractivity contribution in [1.29, 1.82) is 0 Å². The van der Waals surface area contributed by atoms with Gasteiger partial charge in [-0.25, -0.2) is 0 Å². The van der Waals surface area contributed by atoms with Gasteiger partial charge in [-0.05, 0) is 26.7 Å². The number of rotatable bonds is 3. The predicted molar refractivity (Wildman–Crippen MR) is 44.6 cm³/mol. The number of aromatic nitrogens is 2. The van der Waals surface area contributed by atoms with Crippen LogP contribution in [0.25, 0.3) is 0 Å². The summed E-state index contributed by atoms with van der Waals surface area (Å²) in [7, 11) is 0. The zero-order chi connectivity index (χ0) is 8.55. The molecule has 3 heteroatoms. The molecule has 0 atom stereocenters. The molecular weight excluding hydrogens is 152 g/mol. The molecular formula is C9H15N2O+. The lowest BCUT2D eigenvalue weighted by Gasteiger charge is -2.04. The summed E-state index contributed by atoms with van der Waals surface area (Å²) in [4.78, 5) is 7.47. The molecule has 0 unspecified atom stereocenters. The zero-order valence-electron chi connectivity index (χ0n) is 7.60. The van der Waals surface area contributed by atoms with E-state index in [-0.39, 0.29) is 0 Å². The van der Waals surface area contributed by atoms with Crippen molar-refractivity contribution in [3.05, 3.63) is 18.5 Å². The summed E-state index contributed by atoms with van der Waals surface area (Å²) in [5.74, 6) is 0. The minimum atomic E-state index is 0.457. The minimum Gasteiger partial charge on any atom is -0.365 e. The Balaban J connectivity index is 2.11. The lowest BCUT2D eigenvalue weighted by Crippen LogP contribution is -2.47. The fourth-order valence-electron chi connectivity index (χ4n) is 1.16. The van der Waals surface area contributed by atoms with E-state index in [1.807, 2.05) is 23.3 Å². The van der Waals surface area contributed by atoms with Crippen molar-refractivity contribution in [2.24, 2.45) is 0 Å². The van der Waals surface area contributed by atoms with E-state index >= 15 is 0 Å². The van der Waals surface area contributed by atoms with Gasteiger partial charge >= 0.3 is 0 Å². The van der Waals surface area contributed by atoms with Crippen molar-refractivity contribution in [3.8, 4) is 0 Å². The smallest absolute Gasteiger partial charge is 0.199 e. The summed E-state index contributed by atoms with van der Waals surface area (Å²) in [6.45, 7) is 4.29. The summed E-state index contributed by atoms with van der Waals surface area (Å²) in [5.41, 5.74) is 0. The molecule has 1 aromatic rings. The molecule has 66 valence electrons. The molecule has 1 aliphatic rings. The van der Waals surface area contributed by atoms with E-state index in [9.17, 15) is 0 Å². The summed E-state index contributed by atoms with van der Waals surface area (Å²) >= 11 is 0. The van der Waals surface area contributed by atoms with E-state index in [0.29, 0.717) is 12.1 Å². The van der Waals surface area contributed by atoms with Crippen LogP contribution in [0, 0.1) is 0 Å². The van der Waals surface area contributed by atoms with Gasteiger partial charge in [0.05, 0.1) is 0 Å². The summed E-state index contributed by atoms with van der Waals surface area (Å²) in [5, 5.41) is 0. The predicted octanol–water partition coefficient (Wildman–Crippen LogP) is 0.948. The normalized spacial score (nSPS) is 16.9. The second-order valence-electron chi connectivity index (χ2n) is 3.57. The molecule has 3 nitrogen and oxygen atoms in total. The number of nitrogens with zero attached hydrogens (tertiary/aromatic N) is 2. The molecule has 0 bridgehead atoms. The molecule has 1 fully saturated rings. The molecule has 1 aromatic heterocycles. The molecule has 0 spiro atoms. The van der Waals surface area contributed by atoms with Crippen LogP contribution in [0.4, 0.5) is 0 Å². The van der Waals surface area contributed by atoms with Crippen LogP contribution in [-0.2, 0) is 0 Å². The lowest BCUT2D eigenvalue weighted by molar-refractivity contribution is -0.815. The number of hydrogen-bond acceptors (Lipinski definition) is 1. The highest BCUT2D eigenvalue weighted by Gasteiger charge is 2.27. The quantitative estimate of drug-likeness (QED) is 0.613. The van der Waals surface area contributed by atoms with E-state index in [1.165, 1.54) is 12.8 Å². The molecule has 0 radical (unpaired) electrons. The van der Waals surface area contributed by atoms with Crippen LogP contribution in [0.15, 0.2) is 18.5 Å². The average Bonchev–Trinajstić information content (AvgIpc) is 2.66. The third-order valence-corrected chi connectivity index (χ3v) is 1.99.